The van der Waals surface area contributed by atoms with E-state index in [2.05, 4.69) is 0 Å². The number of hydrogen-bond acceptors (Lipinski definition) is 4. The minimum Gasteiger partial charge on any atom is -0.495 e. The van der Waals surface area contributed by atoms with Crippen molar-refractivity contribution in [2.45, 2.75) is 12.8 Å². The molecule has 4 N–H and O–H groups in total. The van der Waals surface area contributed by atoms with Crippen LogP contribution in [0.5, 0.6) is 5.75 Å². The van der Waals surface area contributed by atoms with E-state index >= 15 is 0 Å². The van der Waals surface area contributed by atoms with Crippen LogP contribution in [-0.2, 0) is 22.4 Å². The van der Waals surface area contributed by atoms with Gasteiger partial charge in [-0.05, 0) is 23.3 Å². The molecule has 0 amide bonds. The van der Waals surface area contributed by atoms with Gasteiger partial charge in [-0.15, -0.1) is 0 Å². The number of aliphatic carboxylic acids is 2. The number of anilines is 1. The van der Waals surface area contributed by atoms with E-state index in [1.807, 2.05) is 0 Å². The van der Waals surface area contributed by atoms with Crippen LogP contribution in [0.2, 0.25) is 0 Å². The Morgan fingerprint density at radius 2 is 1.65 bits per heavy atom. The third-order valence-electron chi connectivity index (χ3n) is 2.24. The molecule has 0 heterocycles. The van der Waals surface area contributed by atoms with Crippen molar-refractivity contribution in [3.8, 4) is 5.75 Å². The fourth-order valence-electron chi connectivity index (χ4n) is 1.52. The zero-order valence-corrected chi connectivity index (χ0v) is 9.27. The lowest BCUT2D eigenvalue weighted by molar-refractivity contribution is -0.137. The minimum atomic E-state index is -1.04. The molecule has 1 aromatic rings. The summed E-state index contributed by atoms with van der Waals surface area (Å²) in [5, 5.41) is 17.5. The van der Waals surface area contributed by atoms with Crippen molar-refractivity contribution in [3.05, 3.63) is 23.3 Å². The van der Waals surface area contributed by atoms with Crippen LogP contribution < -0.4 is 10.5 Å². The first-order valence-electron chi connectivity index (χ1n) is 4.83. The molecule has 17 heavy (non-hydrogen) atoms. The number of hydrogen-bond donors (Lipinski definition) is 3. The van der Waals surface area contributed by atoms with E-state index in [1.54, 1.807) is 0 Å². The molecule has 0 spiro atoms. The van der Waals surface area contributed by atoms with Crippen molar-refractivity contribution in [1.82, 2.24) is 0 Å². The summed E-state index contributed by atoms with van der Waals surface area (Å²) < 4.78 is 4.96. The molecule has 0 atom stereocenters. The van der Waals surface area contributed by atoms with Gasteiger partial charge in [-0.2, -0.15) is 0 Å². The SMILES string of the molecule is COc1cc(CC(=O)O)c(CC(=O)O)cc1N. The molecular weight excluding hydrogens is 226 g/mol. The van der Waals surface area contributed by atoms with Crippen molar-refractivity contribution in [3.63, 3.8) is 0 Å². The number of nitrogen functional groups attached to an aromatic ring is 1. The largest absolute Gasteiger partial charge is 0.495 e. The van der Waals surface area contributed by atoms with Gasteiger partial charge in [0.2, 0.25) is 0 Å². The number of methoxy groups -OCH3 is 1. The van der Waals surface area contributed by atoms with Crippen LogP contribution in [0, 0.1) is 0 Å². The minimum absolute atomic E-state index is 0.265. The Morgan fingerprint density at radius 3 is 2.06 bits per heavy atom. The van der Waals surface area contributed by atoms with Crippen LogP contribution in [0.25, 0.3) is 0 Å². The van der Waals surface area contributed by atoms with Gasteiger partial charge in [-0.25, -0.2) is 0 Å². The molecular formula is C11H13NO5. The van der Waals surface area contributed by atoms with E-state index < -0.39 is 11.9 Å². The van der Waals surface area contributed by atoms with Crippen LogP contribution >= 0.6 is 0 Å². The normalized spacial score (nSPS) is 9.94. The molecule has 6 nitrogen and oxygen atoms in total. The molecule has 0 saturated heterocycles. The van der Waals surface area contributed by atoms with Gasteiger partial charge in [0.1, 0.15) is 5.75 Å². The summed E-state index contributed by atoms with van der Waals surface area (Å²) in [5.74, 6) is -1.74. The highest BCUT2D eigenvalue weighted by molar-refractivity contribution is 5.76. The molecule has 0 aliphatic carbocycles. The predicted octanol–water partition coefficient (Wildman–Crippen LogP) is 0.532. The first-order valence-corrected chi connectivity index (χ1v) is 4.83. The van der Waals surface area contributed by atoms with Crippen LogP contribution in [0.15, 0.2) is 12.1 Å². The number of rotatable bonds is 5. The molecule has 92 valence electrons. The van der Waals surface area contributed by atoms with Gasteiger partial charge < -0.3 is 20.7 Å². The number of carboxylic acids is 2. The highest BCUT2D eigenvalue weighted by atomic mass is 16.5. The van der Waals surface area contributed by atoms with E-state index in [-0.39, 0.29) is 18.5 Å². The van der Waals surface area contributed by atoms with E-state index in [0.717, 1.165) is 0 Å². The molecule has 0 aliphatic heterocycles. The molecule has 0 aromatic heterocycles. The van der Waals surface area contributed by atoms with E-state index in [9.17, 15) is 9.59 Å². The summed E-state index contributed by atoms with van der Waals surface area (Å²) >= 11 is 0. The first-order chi connectivity index (χ1) is 7.93. The van der Waals surface area contributed by atoms with Gasteiger partial charge in [0.05, 0.1) is 25.6 Å². The molecule has 0 radical (unpaired) electrons. The van der Waals surface area contributed by atoms with Gasteiger partial charge in [-0.1, -0.05) is 0 Å². The summed E-state index contributed by atoms with van der Waals surface area (Å²) in [4.78, 5) is 21.3. The number of ether oxygens (including phenoxy) is 1. The predicted molar refractivity (Wildman–Crippen MR) is 60.1 cm³/mol. The molecule has 0 bridgehead atoms. The van der Waals surface area contributed by atoms with Gasteiger partial charge in [0, 0.05) is 0 Å². The van der Waals surface area contributed by atoms with Crippen LogP contribution in [0.4, 0.5) is 5.69 Å². The first kappa shape index (κ1) is 12.8. The Balaban J connectivity index is 3.20. The molecule has 0 saturated carbocycles. The summed E-state index contributed by atoms with van der Waals surface area (Å²) in [5.41, 5.74) is 6.71. The van der Waals surface area contributed by atoms with E-state index in [1.165, 1.54) is 19.2 Å². The smallest absolute Gasteiger partial charge is 0.307 e. The van der Waals surface area contributed by atoms with Crippen molar-refractivity contribution in [2.75, 3.05) is 12.8 Å². The Hall–Kier alpha value is -2.24. The van der Waals surface area contributed by atoms with Crippen LogP contribution in [0.3, 0.4) is 0 Å². The van der Waals surface area contributed by atoms with Gasteiger partial charge >= 0.3 is 11.9 Å². The Morgan fingerprint density at radius 1 is 1.18 bits per heavy atom. The summed E-state index contributed by atoms with van der Waals surface area (Å²) in [6.45, 7) is 0. The van der Waals surface area contributed by atoms with Gasteiger partial charge in [0.25, 0.3) is 0 Å². The maximum absolute atomic E-state index is 10.7. The van der Waals surface area contributed by atoms with E-state index in [4.69, 9.17) is 20.7 Å². The second-order valence-corrected chi connectivity index (χ2v) is 3.50. The highest BCUT2D eigenvalue weighted by Crippen LogP contribution is 2.26. The number of carboxylic acid groups (broad SMARTS) is 2. The quantitative estimate of drug-likeness (QED) is 0.646. The third-order valence-corrected chi connectivity index (χ3v) is 2.24. The lowest BCUT2D eigenvalue weighted by Gasteiger charge is -2.11. The number of carbonyl (C=O) groups is 2. The van der Waals surface area contributed by atoms with Gasteiger partial charge in [-0.3, -0.25) is 9.59 Å². The fraction of sp³-hybridized carbons (Fsp3) is 0.273. The zero-order chi connectivity index (χ0) is 13.0. The average Bonchev–Trinajstić information content (AvgIpc) is 2.20. The molecule has 1 rings (SSSR count). The molecule has 0 unspecified atom stereocenters. The Kier molecular flexibility index (Phi) is 3.92. The monoisotopic (exact) mass is 239 g/mol. The topological polar surface area (TPSA) is 110 Å². The fourth-order valence-corrected chi connectivity index (χ4v) is 1.52. The maximum atomic E-state index is 10.7. The van der Waals surface area contributed by atoms with Crippen molar-refractivity contribution >= 4 is 17.6 Å². The van der Waals surface area contributed by atoms with Crippen LogP contribution in [-0.4, -0.2) is 29.3 Å². The Labute approximate surface area is 97.6 Å². The average molecular weight is 239 g/mol. The second kappa shape index (κ2) is 5.20. The molecule has 0 aliphatic rings. The van der Waals surface area contributed by atoms with Crippen molar-refractivity contribution in [2.24, 2.45) is 0 Å². The molecule has 6 heteroatoms. The third kappa shape index (κ3) is 3.37. The maximum Gasteiger partial charge on any atom is 0.307 e. The highest BCUT2D eigenvalue weighted by Gasteiger charge is 2.13. The summed E-state index contributed by atoms with van der Waals surface area (Å²) in [7, 11) is 1.41. The van der Waals surface area contributed by atoms with E-state index in [0.29, 0.717) is 16.9 Å². The van der Waals surface area contributed by atoms with Gasteiger partial charge in [0.15, 0.2) is 0 Å². The standard InChI is InChI=1S/C11H13NO5/c1-17-9-3-7(5-11(15)16)6(2-8(9)12)4-10(13)14/h2-3H,4-5,12H2,1H3,(H,13,14)(H,15,16). The lowest BCUT2D eigenvalue weighted by atomic mass is 10.0. The molecule has 1 aromatic carbocycles. The van der Waals surface area contributed by atoms with Crippen molar-refractivity contribution < 1.29 is 24.5 Å². The summed E-state index contributed by atoms with van der Waals surface area (Å²) in [6, 6.07) is 2.90. The molecule has 0 fully saturated rings. The lowest BCUT2D eigenvalue weighted by Crippen LogP contribution is -2.09. The van der Waals surface area contributed by atoms with Crippen LogP contribution in [0.1, 0.15) is 11.1 Å². The van der Waals surface area contributed by atoms with Crippen molar-refractivity contribution in [1.29, 1.82) is 0 Å². The number of nitrogens with two attached hydrogens (primary N) is 1. The number of benzene rings is 1. The summed E-state index contributed by atoms with van der Waals surface area (Å²) in [6.07, 6.45) is -0.532. The zero-order valence-electron chi connectivity index (χ0n) is 9.27. The second-order valence-electron chi connectivity index (χ2n) is 3.50. The Bertz CT molecular complexity index is 455.